The van der Waals surface area contributed by atoms with Crippen LogP contribution < -0.4 is 4.90 Å². The van der Waals surface area contributed by atoms with Gasteiger partial charge >= 0.3 is 0 Å². The summed E-state index contributed by atoms with van der Waals surface area (Å²) in [5.41, 5.74) is 13.7. The van der Waals surface area contributed by atoms with E-state index in [9.17, 15) is 0 Å². The molecule has 0 atom stereocenters. The van der Waals surface area contributed by atoms with Crippen LogP contribution in [0.4, 0.5) is 17.1 Å². The van der Waals surface area contributed by atoms with Crippen molar-refractivity contribution in [1.29, 1.82) is 0 Å². The van der Waals surface area contributed by atoms with E-state index in [0.717, 1.165) is 11.4 Å². The molecule has 0 saturated heterocycles. The SMILES string of the molecule is CC1(C)c2ccccc2-c2c1cc1ccccc1c2N(c1ccccc1)c1ccc(-c2cc3ccccc3cc2-c2ccccc2)cc1. The molecule has 0 N–H and O–H groups in total. The number of rotatable bonds is 5. The van der Waals surface area contributed by atoms with Crippen LogP contribution in [0.5, 0.6) is 0 Å². The third-order valence-corrected chi connectivity index (χ3v) is 10.2. The summed E-state index contributed by atoms with van der Waals surface area (Å²) in [6, 6.07) is 64.4. The average Bonchev–Trinajstić information content (AvgIpc) is 3.37. The number of nitrogens with zero attached hydrogens (tertiary/aromatic N) is 1. The number of fused-ring (bicyclic) bond motifs is 5. The molecule has 0 radical (unpaired) electrons. The first-order valence-electron chi connectivity index (χ1n) is 16.8. The molecule has 0 amide bonds. The molecule has 48 heavy (non-hydrogen) atoms. The number of para-hydroxylation sites is 1. The Morgan fingerprint density at radius 1 is 0.396 bits per heavy atom. The highest BCUT2D eigenvalue weighted by molar-refractivity contribution is 6.10. The van der Waals surface area contributed by atoms with Crippen molar-refractivity contribution in [2.45, 2.75) is 19.3 Å². The largest absolute Gasteiger partial charge is 0.309 e. The molecule has 0 bridgehead atoms. The fraction of sp³-hybridized carbons (Fsp3) is 0.0638. The van der Waals surface area contributed by atoms with E-state index >= 15 is 0 Å². The predicted octanol–water partition coefficient (Wildman–Crippen LogP) is 13.1. The molecule has 8 aromatic rings. The van der Waals surface area contributed by atoms with Crippen molar-refractivity contribution in [2.24, 2.45) is 0 Å². The Labute approximate surface area is 282 Å². The second-order valence-corrected chi connectivity index (χ2v) is 13.4. The van der Waals surface area contributed by atoms with E-state index in [2.05, 4.69) is 195 Å². The lowest BCUT2D eigenvalue weighted by Gasteiger charge is -2.30. The second-order valence-electron chi connectivity index (χ2n) is 13.4. The van der Waals surface area contributed by atoms with Crippen molar-refractivity contribution >= 4 is 38.6 Å². The van der Waals surface area contributed by atoms with Gasteiger partial charge in [-0.3, -0.25) is 0 Å². The van der Waals surface area contributed by atoms with Gasteiger partial charge in [0.1, 0.15) is 0 Å². The zero-order chi connectivity index (χ0) is 32.2. The molecule has 228 valence electrons. The monoisotopic (exact) mass is 613 g/mol. The van der Waals surface area contributed by atoms with Crippen LogP contribution >= 0.6 is 0 Å². The summed E-state index contributed by atoms with van der Waals surface area (Å²) >= 11 is 0. The van der Waals surface area contributed by atoms with Gasteiger partial charge in [0.05, 0.1) is 5.69 Å². The van der Waals surface area contributed by atoms with Crippen LogP contribution in [0, 0.1) is 0 Å². The minimum Gasteiger partial charge on any atom is -0.309 e. The van der Waals surface area contributed by atoms with Crippen LogP contribution in [0.1, 0.15) is 25.0 Å². The zero-order valence-corrected chi connectivity index (χ0v) is 27.2. The van der Waals surface area contributed by atoms with E-state index in [-0.39, 0.29) is 5.41 Å². The molecule has 8 aromatic carbocycles. The summed E-state index contributed by atoms with van der Waals surface area (Å²) in [5.74, 6) is 0. The van der Waals surface area contributed by atoms with Crippen LogP contribution in [-0.4, -0.2) is 0 Å². The first-order valence-corrected chi connectivity index (χ1v) is 16.8. The molecule has 0 heterocycles. The molecule has 1 nitrogen and oxygen atoms in total. The van der Waals surface area contributed by atoms with Crippen LogP contribution in [0.3, 0.4) is 0 Å². The van der Waals surface area contributed by atoms with Gasteiger partial charge in [-0.15, -0.1) is 0 Å². The summed E-state index contributed by atoms with van der Waals surface area (Å²) < 4.78 is 0. The van der Waals surface area contributed by atoms with E-state index in [1.165, 1.54) is 71.7 Å². The number of hydrogen-bond acceptors (Lipinski definition) is 1. The van der Waals surface area contributed by atoms with Gasteiger partial charge in [-0.1, -0.05) is 147 Å². The predicted molar refractivity (Wildman–Crippen MR) is 205 cm³/mol. The lowest BCUT2D eigenvalue weighted by molar-refractivity contribution is 0.661. The topological polar surface area (TPSA) is 3.24 Å². The Morgan fingerprint density at radius 2 is 0.917 bits per heavy atom. The van der Waals surface area contributed by atoms with Crippen molar-refractivity contribution < 1.29 is 0 Å². The van der Waals surface area contributed by atoms with Crippen molar-refractivity contribution in [3.05, 3.63) is 187 Å². The molecule has 0 spiro atoms. The van der Waals surface area contributed by atoms with Crippen molar-refractivity contribution in [3.63, 3.8) is 0 Å². The Bertz CT molecular complexity index is 2460. The normalized spacial score (nSPS) is 13.0. The molecular weight excluding hydrogens is 579 g/mol. The van der Waals surface area contributed by atoms with Crippen LogP contribution in [0.2, 0.25) is 0 Å². The summed E-state index contributed by atoms with van der Waals surface area (Å²) in [6.07, 6.45) is 0. The minimum absolute atomic E-state index is 0.110. The third kappa shape index (κ3) is 4.47. The van der Waals surface area contributed by atoms with E-state index < -0.39 is 0 Å². The summed E-state index contributed by atoms with van der Waals surface area (Å²) in [7, 11) is 0. The van der Waals surface area contributed by atoms with Gasteiger partial charge in [-0.2, -0.15) is 0 Å². The van der Waals surface area contributed by atoms with Gasteiger partial charge < -0.3 is 4.90 Å². The molecule has 0 saturated carbocycles. The highest BCUT2D eigenvalue weighted by Gasteiger charge is 2.38. The van der Waals surface area contributed by atoms with Gasteiger partial charge in [-0.05, 0) is 97.6 Å². The van der Waals surface area contributed by atoms with E-state index in [0.29, 0.717) is 0 Å². The van der Waals surface area contributed by atoms with Crippen molar-refractivity contribution in [1.82, 2.24) is 0 Å². The first-order chi connectivity index (χ1) is 23.6. The molecule has 1 heteroatoms. The Hall–Kier alpha value is -5.92. The van der Waals surface area contributed by atoms with Gasteiger partial charge in [-0.25, -0.2) is 0 Å². The molecule has 0 aliphatic heterocycles. The zero-order valence-electron chi connectivity index (χ0n) is 27.2. The van der Waals surface area contributed by atoms with E-state index in [4.69, 9.17) is 0 Å². The summed E-state index contributed by atoms with van der Waals surface area (Å²) in [5, 5.41) is 5.00. The quantitative estimate of drug-likeness (QED) is 0.187. The lowest BCUT2D eigenvalue weighted by Crippen LogP contribution is -2.16. The number of hydrogen-bond donors (Lipinski definition) is 0. The lowest BCUT2D eigenvalue weighted by atomic mass is 9.81. The third-order valence-electron chi connectivity index (χ3n) is 10.2. The van der Waals surface area contributed by atoms with Gasteiger partial charge in [0, 0.05) is 27.7 Å². The Balaban J connectivity index is 1.28. The molecule has 9 rings (SSSR count). The number of benzene rings is 8. The fourth-order valence-electron chi connectivity index (χ4n) is 7.83. The average molecular weight is 614 g/mol. The maximum Gasteiger partial charge on any atom is 0.0621 e. The maximum atomic E-state index is 2.47. The van der Waals surface area contributed by atoms with E-state index in [1.807, 2.05) is 0 Å². The van der Waals surface area contributed by atoms with Crippen LogP contribution in [0.25, 0.3) is 54.9 Å². The standard InChI is InChI=1S/C47H35N/c1-47(2)43-24-14-13-23-40(43)45-44(47)31-36-19-11-12-22-39(36)46(45)48(37-20-7-4-8-21-37)38-27-25-33(26-28-38)42-30-35-18-10-9-17-34(35)29-41(42)32-15-5-3-6-16-32/h3-31H,1-2H3. The number of anilines is 3. The van der Waals surface area contributed by atoms with Crippen LogP contribution in [0.15, 0.2) is 176 Å². The van der Waals surface area contributed by atoms with Gasteiger partial charge in [0.25, 0.3) is 0 Å². The Morgan fingerprint density at radius 3 is 1.60 bits per heavy atom. The maximum absolute atomic E-state index is 2.47. The van der Waals surface area contributed by atoms with Crippen molar-refractivity contribution in [3.8, 4) is 33.4 Å². The highest BCUT2D eigenvalue weighted by atomic mass is 15.1. The fourth-order valence-corrected chi connectivity index (χ4v) is 7.83. The van der Waals surface area contributed by atoms with Gasteiger partial charge in [0.2, 0.25) is 0 Å². The molecule has 1 aliphatic carbocycles. The molecule has 0 aromatic heterocycles. The van der Waals surface area contributed by atoms with E-state index in [1.54, 1.807) is 0 Å². The smallest absolute Gasteiger partial charge is 0.0621 e. The summed E-state index contributed by atoms with van der Waals surface area (Å²) in [4.78, 5) is 2.47. The first kappa shape index (κ1) is 28.3. The minimum atomic E-state index is -0.110. The molecular formula is C47H35N. The van der Waals surface area contributed by atoms with Crippen LogP contribution in [-0.2, 0) is 5.41 Å². The molecule has 0 fully saturated rings. The highest BCUT2D eigenvalue weighted by Crippen LogP contribution is 2.56. The molecule has 0 unspecified atom stereocenters. The Kier molecular flexibility index (Phi) is 6.55. The van der Waals surface area contributed by atoms with Gasteiger partial charge in [0.15, 0.2) is 0 Å². The molecule has 1 aliphatic rings. The second kappa shape index (κ2) is 11.1. The van der Waals surface area contributed by atoms with Crippen molar-refractivity contribution in [2.75, 3.05) is 4.90 Å². The summed E-state index contributed by atoms with van der Waals surface area (Å²) in [6.45, 7) is 4.73.